The van der Waals surface area contributed by atoms with E-state index in [1.54, 1.807) is 6.20 Å². The number of anilines is 3. The Morgan fingerprint density at radius 2 is 2.23 bits per heavy atom. The number of nitrogens with zero attached hydrogens (tertiary/aromatic N) is 3. The smallest absolute Gasteiger partial charge is 0.157 e. The van der Waals surface area contributed by atoms with Crippen LogP contribution in [0.1, 0.15) is 0 Å². The third-order valence-electron chi connectivity index (χ3n) is 1.53. The lowest BCUT2D eigenvalue weighted by Crippen LogP contribution is -2.14. The zero-order valence-electron chi connectivity index (χ0n) is 7.78. The summed E-state index contributed by atoms with van der Waals surface area (Å²) in [4.78, 5) is 9.80. The normalized spacial score (nSPS) is 9.38. The Hall–Kier alpha value is -1.78. The second-order valence-electron chi connectivity index (χ2n) is 2.70. The van der Waals surface area contributed by atoms with Crippen LogP contribution < -0.4 is 16.0 Å². The number of nitrogen functional groups attached to an aromatic ring is 1. The van der Waals surface area contributed by atoms with E-state index in [0.29, 0.717) is 11.5 Å². The summed E-state index contributed by atoms with van der Waals surface area (Å²) in [6, 6.07) is 0. The van der Waals surface area contributed by atoms with Crippen molar-refractivity contribution >= 4 is 17.3 Å². The lowest BCUT2D eigenvalue weighted by molar-refractivity contribution is 1.04. The SMILES string of the molecule is C=CNc1c(N)ncnc1N(C)C. The van der Waals surface area contributed by atoms with Crippen LogP contribution in [-0.2, 0) is 0 Å². The van der Waals surface area contributed by atoms with Gasteiger partial charge in [-0.1, -0.05) is 6.58 Å². The molecule has 0 saturated heterocycles. The molecule has 1 aromatic heterocycles. The van der Waals surface area contributed by atoms with E-state index in [9.17, 15) is 0 Å². The minimum Gasteiger partial charge on any atom is -0.382 e. The van der Waals surface area contributed by atoms with E-state index in [1.165, 1.54) is 6.33 Å². The molecule has 3 N–H and O–H groups in total. The third kappa shape index (κ3) is 1.87. The maximum Gasteiger partial charge on any atom is 0.157 e. The molecule has 0 radical (unpaired) electrons. The molecule has 0 amide bonds. The molecular weight excluding hydrogens is 166 g/mol. The van der Waals surface area contributed by atoms with Gasteiger partial charge in [0.05, 0.1) is 0 Å². The fourth-order valence-corrected chi connectivity index (χ4v) is 0.969. The van der Waals surface area contributed by atoms with Gasteiger partial charge < -0.3 is 16.0 Å². The number of nitrogens with one attached hydrogen (secondary N) is 1. The van der Waals surface area contributed by atoms with Crippen molar-refractivity contribution in [3.63, 3.8) is 0 Å². The standard InChI is InChI=1S/C8H13N5/c1-4-10-6-7(9)11-5-12-8(6)13(2)3/h4-5,10H,1H2,2-3H3,(H2,9,11,12). The summed E-state index contributed by atoms with van der Waals surface area (Å²) in [5.41, 5.74) is 6.34. The maximum absolute atomic E-state index is 5.66. The van der Waals surface area contributed by atoms with E-state index < -0.39 is 0 Å². The van der Waals surface area contributed by atoms with Crippen LogP contribution in [-0.4, -0.2) is 24.1 Å². The first-order valence-electron chi connectivity index (χ1n) is 3.82. The number of hydrogen-bond acceptors (Lipinski definition) is 5. The fourth-order valence-electron chi connectivity index (χ4n) is 0.969. The van der Waals surface area contributed by atoms with Crippen molar-refractivity contribution in [2.24, 2.45) is 0 Å². The van der Waals surface area contributed by atoms with Gasteiger partial charge in [-0.2, -0.15) is 0 Å². The van der Waals surface area contributed by atoms with Crippen LogP contribution in [0.2, 0.25) is 0 Å². The van der Waals surface area contributed by atoms with Crippen molar-refractivity contribution in [2.75, 3.05) is 30.0 Å². The van der Waals surface area contributed by atoms with Gasteiger partial charge in [-0.15, -0.1) is 0 Å². The summed E-state index contributed by atoms with van der Waals surface area (Å²) in [5.74, 6) is 1.16. The van der Waals surface area contributed by atoms with Gasteiger partial charge >= 0.3 is 0 Å². The summed E-state index contributed by atoms with van der Waals surface area (Å²) >= 11 is 0. The average Bonchev–Trinajstić information content (AvgIpc) is 2.08. The lowest BCUT2D eigenvalue weighted by atomic mass is 10.4. The van der Waals surface area contributed by atoms with Crippen molar-refractivity contribution in [2.45, 2.75) is 0 Å². The van der Waals surface area contributed by atoms with Crippen LogP contribution in [0.4, 0.5) is 17.3 Å². The van der Waals surface area contributed by atoms with E-state index in [4.69, 9.17) is 5.73 Å². The minimum atomic E-state index is 0.415. The molecule has 0 saturated carbocycles. The van der Waals surface area contributed by atoms with Crippen molar-refractivity contribution in [3.8, 4) is 0 Å². The second-order valence-corrected chi connectivity index (χ2v) is 2.70. The van der Waals surface area contributed by atoms with Crippen LogP contribution in [0.25, 0.3) is 0 Å². The summed E-state index contributed by atoms with van der Waals surface area (Å²) in [6.45, 7) is 3.56. The zero-order valence-corrected chi connectivity index (χ0v) is 7.78. The highest BCUT2D eigenvalue weighted by Crippen LogP contribution is 2.25. The molecule has 0 unspecified atom stereocenters. The topological polar surface area (TPSA) is 67.1 Å². The Labute approximate surface area is 77.3 Å². The van der Waals surface area contributed by atoms with Gasteiger partial charge in [0, 0.05) is 14.1 Å². The van der Waals surface area contributed by atoms with Crippen LogP contribution in [0.3, 0.4) is 0 Å². The van der Waals surface area contributed by atoms with Gasteiger partial charge in [-0.3, -0.25) is 0 Å². The molecule has 0 aliphatic heterocycles. The number of hydrogen-bond donors (Lipinski definition) is 2. The van der Waals surface area contributed by atoms with Gasteiger partial charge in [-0.25, -0.2) is 9.97 Å². The zero-order chi connectivity index (χ0) is 9.84. The molecule has 0 atom stereocenters. The predicted octanol–water partition coefficient (Wildman–Crippen LogP) is 0.680. The Bertz CT molecular complexity index is 307. The highest BCUT2D eigenvalue weighted by Gasteiger charge is 2.08. The van der Waals surface area contributed by atoms with Crippen molar-refractivity contribution in [3.05, 3.63) is 19.1 Å². The molecule has 13 heavy (non-hydrogen) atoms. The molecule has 0 bridgehead atoms. The molecule has 5 nitrogen and oxygen atoms in total. The van der Waals surface area contributed by atoms with E-state index in [0.717, 1.165) is 5.82 Å². The number of nitrogens with two attached hydrogens (primary N) is 1. The molecule has 0 spiro atoms. The monoisotopic (exact) mass is 179 g/mol. The lowest BCUT2D eigenvalue weighted by Gasteiger charge is -2.16. The molecule has 1 rings (SSSR count). The highest BCUT2D eigenvalue weighted by molar-refractivity contribution is 5.76. The average molecular weight is 179 g/mol. The van der Waals surface area contributed by atoms with Crippen LogP contribution in [0.5, 0.6) is 0 Å². The Kier molecular flexibility index (Phi) is 2.69. The minimum absolute atomic E-state index is 0.415. The number of aromatic nitrogens is 2. The summed E-state index contributed by atoms with van der Waals surface area (Å²) in [7, 11) is 3.77. The summed E-state index contributed by atoms with van der Waals surface area (Å²) in [6.07, 6.45) is 2.97. The summed E-state index contributed by atoms with van der Waals surface area (Å²) < 4.78 is 0. The first kappa shape index (κ1) is 9.31. The van der Waals surface area contributed by atoms with E-state index in [1.807, 2.05) is 19.0 Å². The molecule has 1 heterocycles. The Balaban J connectivity index is 3.16. The quantitative estimate of drug-likeness (QED) is 0.714. The predicted molar refractivity (Wildman–Crippen MR) is 54.6 cm³/mol. The van der Waals surface area contributed by atoms with Crippen molar-refractivity contribution in [1.29, 1.82) is 0 Å². The van der Waals surface area contributed by atoms with E-state index in [2.05, 4.69) is 21.9 Å². The van der Waals surface area contributed by atoms with E-state index in [-0.39, 0.29) is 0 Å². The molecular formula is C8H13N5. The Morgan fingerprint density at radius 1 is 1.54 bits per heavy atom. The van der Waals surface area contributed by atoms with E-state index >= 15 is 0 Å². The molecule has 0 aliphatic carbocycles. The molecule has 0 aliphatic rings. The van der Waals surface area contributed by atoms with Gasteiger partial charge in [-0.05, 0) is 6.20 Å². The first-order valence-corrected chi connectivity index (χ1v) is 3.82. The fraction of sp³-hybridized carbons (Fsp3) is 0.250. The number of rotatable bonds is 3. The van der Waals surface area contributed by atoms with Gasteiger partial charge in [0.2, 0.25) is 0 Å². The highest BCUT2D eigenvalue weighted by atomic mass is 15.2. The second kappa shape index (κ2) is 3.75. The van der Waals surface area contributed by atoms with Crippen molar-refractivity contribution < 1.29 is 0 Å². The van der Waals surface area contributed by atoms with Crippen LogP contribution in [0.15, 0.2) is 19.1 Å². The molecule has 0 aromatic carbocycles. The maximum atomic E-state index is 5.66. The molecule has 70 valence electrons. The molecule has 5 heteroatoms. The van der Waals surface area contributed by atoms with Gasteiger partial charge in [0.15, 0.2) is 11.6 Å². The first-order chi connectivity index (χ1) is 6.16. The van der Waals surface area contributed by atoms with Gasteiger partial charge in [0.1, 0.15) is 12.0 Å². The Morgan fingerprint density at radius 3 is 2.77 bits per heavy atom. The largest absolute Gasteiger partial charge is 0.382 e. The third-order valence-corrected chi connectivity index (χ3v) is 1.53. The van der Waals surface area contributed by atoms with Crippen molar-refractivity contribution in [1.82, 2.24) is 9.97 Å². The van der Waals surface area contributed by atoms with Crippen LogP contribution in [0, 0.1) is 0 Å². The van der Waals surface area contributed by atoms with Crippen LogP contribution >= 0.6 is 0 Å². The molecule has 0 fully saturated rings. The van der Waals surface area contributed by atoms with Gasteiger partial charge in [0.25, 0.3) is 0 Å². The summed E-state index contributed by atoms with van der Waals surface area (Å²) in [5, 5.41) is 2.90. The molecule has 1 aromatic rings.